The number of anilines is 1. The summed E-state index contributed by atoms with van der Waals surface area (Å²) in [7, 11) is 0. The Balaban J connectivity index is 2.18. The van der Waals surface area contributed by atoms with Gasteiger partial charge in [-0.1, -0.05) is 6.07 Å². The predicted octanol–water partition coefficient (Wildman–Crippen LogP) is 1.95. The van der Waals surface area contributed by atoms with E-state index in [1.807, 2.05) is 0 Å². The number of amides is 1. The zero-order valence-electron chi connectivity index (χ0n) is 12.1. The second kappa shape index (κ2) is 5.87. The van der Waals surface area contributed by atoms with Crippen molar-refractivity contribution in [2.24, 2.45) is 0 Å². The summed E-state index contributed by atoms with van der Waals surface area (Å²) >= 11 is 0. The van der Waals surface area contributed by atoms with Crippen molar-refractivity contribution in [2.45, 2.75) is 27.3 Å². The maximum Gasteiger partial charge on any atom is 0.256 e. The number of aryl methyl sites for hydroxylation is 2. The standard InChI is InChI=1S/C15H16FN3O2/c1-9-4-5-12(16)6-13(9)18-14(20)7-19-8-17-11(3)10(2)15(19)21/h4-6,8H,7H2,1-3H3,(H,18,20). The van der Waals surface area contributed by atoms with Gasteiger partial charge in [-0.25, -0.2) is 9.37 Å². The Morgan fingerprint density at radius 1 is 1.33 bits per heavy atom. The van der Waals surface area contributed by atoms with Gasteiger partial charge in [0.25, 0.3) is 5.56 Å². The van der Waals surface area contributed by atoms with E-state index >= 15 is 0 Å². The lowest BCUT2D eigenvalue weighted by Gasteiger charge is -2.10. The second-order valence-corrected chi connectivity index (χ2v) is 4.90. The van der Waals surface area contributed by atoms with Crippen molar-refractivity contribution in [3.8, 4) is 0 Å². The van der Waals surface area contributed by atoms with E-state index in [1.165, 1.54) is 23.0 Å². The van der Waals surface area contributed by atoms with Gasteiger partial charge in [-0.3, -0.25) is 14.2 Å². The number of hydrogen-bond acceptors (Lipinski definition) is 3. The van der Waals surface area contributed by atoms with E-state index < -0.39 is 11.7 Å². The molecule has 1 N–H and O–H groups in total. The van der Waals surface area contributed by atoms with Crippen LogP contribution in [0.25, 0.3) is 0 Å². The van der Waals surface area contributed by atoms with Crippen LogP contribution in [0, 0.1) is 26.6 Å². The van der Waals surface area contributed by atoms with Crippen LogP contribution < -0.4 is 10.9 Å². The van der Waals surface area contributed by atoms with Crippen LogP contribution in [0.3, 0.4) is 0 Å². The summed E-state index contributed by atoms with van der Waals surface area (Å²) in [5.41, 5.74) is 2.03. The molecule has 0 bridgehead atoms. The van der Waals surface area contributed by atoms with Crippen LogP contribution in [0.1, 0.15) is 16.8 Å². The lowest BCUT2D eigenvalue weighted by molar-refractivity contribution is -0.116. The van der Waals surface area contributed by atoms with Gasteiger partial charge in [-0.05, 0) is 38.5 Å². The van der Waals surface area contributed by atoms with Gasteiger partial charge in [0.15, 0.2) is 0 Å². The van der Waals surface area contributed by atoms with Gasteiger partial charge in [-0.2, -0.15) is 0 Å². The van der Waals surface area contributed by atoms with Crippen molar-refractivity contribution >= 4 is 11.6 Å². The van der Waals surface area contributed by atoms with Crippen LogP contribution in [0.15, 0.2) is 29.3 Å². The molecule has 2 rings (SSSR count). The number of rotatable bonds is 3. The minimum atomic E-state index is -0.430. The summed E-state index contributed by atoms with van der Waals surface area (Å²) in [5, 5.41) is 2.59. The van der Waals surface area contributed by atoms with Crippen LogP contribution in [0.5, 0.6) is 0 Å². The molecule has 0 fully saturated rings. The molecule has 0 unspecified atom stereocenters. The molecular weight excluding hydrogens is 273 g/mol. The highest BCUT2D eigenvalue weighted by Gasteiger charge is 2.10. The third-order valence-electron chi connectivity index (χ3n) is 3.30. The van der Waals surface area contributed by atoms with Crippen LogP contribution in [0.4, 0.5) is 10.1 Å². The highest BCUT2D eigenvalue weighted by molar-refractivity contribution is 5.91. The number of carbonyl (C=O) groups excluding carboxylic acids is 1. The molecule has 0 radical (unpaired) electrons. The number of halogens is 1. The first-order chi connectivity index (χ1) is 9.88. The van der Waals surface area contributed by atoms with Gasteiger partial charge in [0.05, 0.1) is 6.33 Å². The summed E-state index contributed by atoms with van der Waals surface area (Å²) in [6.07, 6.45) is 1.34. The topological polar surface area (TPSA) is 64.0 Å². The van der Waals surface area contributed by atoms with E-state index in [1.54, 1.807) is 26.8 Å². The van der Waals surface area contributed by atoms with E-state index in [4.69, 9.17) is 0 Å². The summed E-state index contributed by atoms with van der Waals surface area (Å²) in [4.78, 5) is 28.0. The quantitative estimate of drug-likeness (QED) is 0.939. The molecule has 110 valence electrons. The molecule has 0 atom stereocenters. The van der Waals surface area contributed by atoms with Crippen molar-refractivity contribution in [3.05, 3.63) is 57.5 Å². The number of nitrogens with one attached hydrogen (secondary N) is 1. The van der Waals surface area contributed by atoms with E-state index in [0.717, 1.165) is 5.56 Å². The molecule has 1 aromatic carbocycles. The maximum absolute atomic E-state index is 13.2. The molecule has 21 heavy (non-hydrogen) atoms. The van der Waals surface area contributed by atoms with Crippen molar-refractivity contribution < 1.29 is 9.18 Å². The Morgan fingerprint density at radius 3 is 2.76 bits per heavy atom. The molecule has 6 heteroatoms. The Kier molecular flexibility index (Phi) is 4.16. The SMILES string of the molecule is Cc1ccc(F)cc1NC(=O)Cn1cnc(C)c(C)c1=O. The van der Waals surface area contributed by atoms with E-state index in [0.29, 0.717) is 16.9 Å². The third kappa shape index (κ3) is 3.34. The smallest absolute Gasteiger partial charge is 0.256 e. The summed E-state index contributed by atoms with van der Waals surface area (Å²) < 4.78 is 14.4. The van der Waals surface area contributed by atoms with Crippen molar-refractivity contribution in [1.82, 2.24) is 9.55 Å². The number of hydrogen-bond donors (Lipinski definition) is 1. The van der Waals surface area contributed by atoms with Gasteiger partial charge in [0.2, 0.25) is 5.91 Å². The largest absolute Gasteiger partial charge is 0.324 e. The number of carbonyl (C=O) groups is 1. The number of nitrogens with zero attached hydrogens (tertiary/aromatic N) is 2. The average molecular weight is 289 g/mol. The highest BCUT2D eigenvalue weighted by atomic mass is 19.1. The summed E-state index contributed by atoms with van der Waals surface area (Å²) in [6.45, 7) is 4.99. The Hall–Kier alpha value is -2.50. The maximum atomic E-state index is 13.2. The normalized spacial score (nSPS) is 10.5. The Morgan fingerprint density at radius 2 is 2.05 bits per heavy atom. The first-order valence-corrected chi connectivity index (χ1v) is 6.47. The molecule has 1 amide bonds. The van der Waals surface area contributed by atoms with Crippen LogP contribution in [-0.2, 0) is 11.3 Å². The first-order valence-electron chi connectivity index (χ1n) is 6.47. The molecule has 1 heterocycles. The average Bonchev–Trinajstić information content (AvgIpc) is 2.43. The van der Waals surface area contributed by atoms with Crippen LogP contribution in [-0.4, -0.2) is 15.5 Å². The molecule has 2 aromatic rings. The molecule has 0 aliphatic rings. The number of aromatic nitrogens is 2. The minimum Gasteiger partial charge on any atom is -0.324 e. The third-order valence-corrected chi connectivity index (χ3v) is 3.30. The zero-order valence-corrected chi connectivity index (χ0v) is 12.1. The van der Waals surface area contributed by atoms with Crippen molar-refractivity contribution in [2.75, 3.05) is 5.32 Å². The predicted molar refractivity (Wildman–Crippen MR) is 77.7 cm³/mol. The van der Waals surface area contributed by atoms with E-state index in [-0.39, 0.29) is 12.1 Å². The monoisotopic (exact) mass is 289 g/mol. The Bertz CT molecular complexity index is 753. The first kappa shape index (κ1) is 14.9. The fraction of sp³-hybridized carbons (Fsp3) is 0.267. The minimum absolute atomic E-state index is 0.164. The van der Waals surface area contributed by atoms with Gasteiger partial charge >= 0.3 is 0 Å². The molecule has 5 nitrogen and oxygen atoms in total. The van der Waals surface area contributed by atoms with Crippen LogP contribution >= 0.6 is 0 Å². The molecule has 0 saturated carbocycles. The number of benzene rings is 1. The lowest BCUT2D eigenvalue weighted by atomic mass is 10.2. The fourth-order valence-electron chi connectivity index (χ4n) is 1.86. The molecule has 0 aliphatic heterocycles. The van der Waals surface area contributed by atoms with Crippen molar-refractivity contribution in [3.63, 3.8) is 0 Å². The lowest BCUT2D eigenvalue weighted by Crippen LogP contribution is -2.29. The molecule has 0 saturated heterocycles. The second-order valence-electron chi connectivity index (χ2n) is 4.90. The molecule has 1 aromatic heterocycles. The van der Waals surface area contributed by atoms with Gasteiger partial charge in [-0.15, -0.1) is 0 Å². The molecular formula is C15H16FN3O2. The van der Waals surface area contributed by atoms with Gasteiger partial charge in [0, 0.05) is 16.9 Å². The van der Waals surface area contributed by atoms with Gasteiger partial charge in [0.1, 0.15) is 12.4 Å². The molecule has 0 spiro atoms. The van der Waals surface area contributed by atoms with E-state index in [9.17, 15) is 14.0 Å². The Labute approximate surface area is 121 Å². The van der Waals surface area contributed by atoms with Crippen LogP contribution in [0.2, 0.25) is 0 Å². The zero-order chi connectivity index (χ0) is 15.6. The van der Waals surface area contributed by atoms with E-state index in [2.05, 4.69) is 10.3 Å². The van der Waals surface area contributed by atoms with Crippen molar-refractivity contribution in [1.29, 1.82) is 0 Å². The fourth-order valence-corrected chi connectivity index (χ4v) is 1.86. The summed E-state index contributed by atoms with van der Waals surface area (Å²) in [5.74, 6) is -0.836. The van der Waals surface area contributed by atoms with Gasteiger partial charge < -0.3 is 5.32 Å². The summed E-state index contributed by atoms with van der Waals surface area (Å²) in [6, 6.07) is 4.14. The molecule has 0 aliphatic carbocycles. The highest BCUT2D eigenvalue weighted by Crippen LogP contribution is 2.15.